The summed E-state index contributed by atoms with van der Waals surface area (Å²) in [6.07, 6.45) is 4.22. The van der Waals surface area contributed by atoms with Gasteiger partial charge in [-0.05, 0) is 81.7 Å². The molecule has 0 bridgehead atoms. The Morgan fingerprint density at radius 3 is 2.50 bits per heavy atom. The molecular formula is C24H24Cl2N2. The fourth-order valence-corrected chi connectivity index (χ4v) is 4.52. The highest BCUT2D eigenvalue weighted by Gasteiger charge is 2.30. The molecule has 0 fully saturated rings. The van der Waals surface area contributed by atoms with Gasteiger partial charge in [0.05, 0.1) is 22.2 Å². The van der Waals surface area contributed by atoms with E-state index in [0.29, 0.717) is 21.2 Å². The molecule has 0 atom stereocenters. The van der Waals surface area contributed by atoms with Crippen LogP contribution in [0.25, 0.3) is 17.2 Å². The predicted octanol–water partition coefficient (Wildman–Crippen LogP) is 7.39. The summed E-state index contributed by atoms with van der Waals surface area (Å²) < 4.78 is 0. The van der Waals surface area contributed by atoms with Gasteiger partial charge < -0.3 is 4.90 Å². The molecule has 2 nitrogen and oxygen atoms in total. The lowest BCUT2D eigenvalue weighted by Crippen LogP contribution is -2.44. The molecule has 2 aromatic carbocycles. The molecule has 1 heterocycles. The van der Waals surface area contributed by atoms with E-state index in [9.17, 15) is 5.26 Å². The maximum atomic E-state index is 9.74. The highest BCUT2D eigenvalue weighted by Crippen LogP contribution is 2.40. The van der Waals surface area contributed by atoms with Crippen LogP contribution in [-0.2, 0) is 0 Å². The lowest BCUT2D eigenvalue weighted by atomic mass is 9.86. The SMILES string of the molecule is CCN1c2cc(C)c(/C=C(\C#N)c3ccc(Cl)cc3Cl)cc2C(C)=CC1(C)C. The van der Waals surface area contributed by atoms with E-state index < -0.39 is 0 Å². The first-order valence-electron chi connectivity index (χ1n) is 9.37. The van der Waals surface area contributed by atoms with Crippen LogP contribution in [0.4, 0.5) is 5.69 Å². The fourth-order valence-electron chi connectivity index (χ4n) is 4.01. The van der Waals surface area contributed by atoms with Crippen molar-refractivity contribution < 1.29 is 0 Å². The quantitative estimate of drug-likeness (QED) is 0.389. The van der Waals surface area contributed by atoms with Crippen molar-refractivity contribution in [3.63, 3.8) is 0 Å². The number of halogens is 2. The van der Waals surface area contributed by atoms with Gasteiger partial charge in [-0.15, -0.1) is 0 Å². The third-order valence-electron chi connectivity index (χ3n) is 5.32. The summed E-state index contributed by atoms with van der Waals surface area (Å²) >= 11 is 12.3. The van der Waals surface area contributed by atoms with E-state index in [2.05, 4.69) is 63.8 Å². The number of allylic oxidation sites excluding steroid dienone is 2. The van der Waals surface area contributed by atoms with Gasteiger partial charge in [0, 0.05) is 28.4 Å². The van der Waals surface area contributed by atoms with Gasteiger partial charge in [-0.25, -0.2) is 0 Å². The van der Waals surface area contributed by atoms with Crippen molar-refractivity contribution in [3.8, 4) is 6.07 Å². The molecule has 3 rings (SSSR count). The number of hydrogen-bond acceptors (Lipinski definition) is 2. The lowest BCUT2D eigenvalue weighted by molar-refractivity contribution is 0.566. The molecule has 0 radical (unpaired) electrons. The van der Waals surface area contributed by atoms with Gasteiger partial charge in [-0.2, -0.15) is 5.26 Å². The molecule has 0 saturated heterocycles. The number of likely N-dealkylation sites (N-methyl/N-ethyl adjacent to an activating group) is 1. The van der Waals surface area contributed by atoms with Crippen LogP contribution in [0.2, 0.25) is 10.0 Å². The Kier molecular flexibility index (Phi) is 5.62. The summed E-state index contributed by atoms with van der Waals surface area (Å²) in [6, 6.07) is 11.9. The van der Waals surface area contributed by atoms with E-state index in [1.807, 2.05) is 6.08 Å². The van der Waals surface area contributed by atoms with Crippen molar-refractivity contribution in [2.75, 3.05) is 11.4 Å². The Labute approximate surface area is 177 Å². The summed E-state index contributed by atoms with van der Waals surface area (Å²) in [5.74, 6) is 0. The van der Waals surface area contributed by atoms with Gasteiger partial charge in [0.1, 0.15) is 0 Å². The first-order valence-corrected chi connectivity index (χ1v) is 10.1. The Balaban J connectivity index is 2.16. The molecular weight excluding hydrogens is 387 g/mol. The van der Waals surface area contributed by atoms with Crippen LogP contribution >= 0.6 is 23.2 Å². The van der Waals surface area contributed by atoms with E-state index in [1.165, 1.54) is 16.8 Å². The Bertz CT molecular complexity index is 1040. The van der Waals surface area contributed by atoms with Gasteiger partial charge >= 0.3 is 0 Å². The van der Waals surface area contributed by atoms with Gasteiger partial charge in [0.25, 0.3) is 0 Å². The zero-order chi connectivity index (χ0) is 20.6. The van der Waals surface area contributed by atoms with Gasteiger partial charge in [0.2, 0.25) is 0 Å². The second-order valence-corrected chi connectivity index (χ2v) is 8.59. The third-order valence-corrected chi connectivity index (χ3v) is 5.87. The van der Waals surface area contributed by atoms with Crippen LogP contribution in [0.5, 0.6) is 0 Å². The van der Waals surface area contributed by atoms with E-state index in [0.717, 1.165) is 17.7 Å². The third kappa shape index (κ3) is 3.70. The highest BCUT2D eigenvalue weighted by molar-refractivity contribution is 6.36. The topological polar surface area (TPSA) is 27.0 Å². The zero-order valence-electron chi connectivity index (χ0n) is 16.9. The molecule has 0 saturated carbocycles. The number of fused-ring (bicyclic) bond motifs is 1. The highest BCUT2D eigenvalue weighted by atomic mass is 35.5. The monoisotopic (exact) mass is 410 g/mol. The predicted molar refractivity (Wildman–Crippen MR) is 122 cm³/mol. The molecule has 0 unspecified atom stereocenters. The standard InChI is InChI=1S/C24H24Cl2N2/c1-6-28-23-9-15(2)17(11-21(23)16(3)13-24(28,4)5)10-18(14-27)20-8-7-19(25)12-22(20)26/h7-13H,6H2,1-5H3/b18-10+. The summed E-state index contributed by atoms with van der Waals surface area (Å²) in [5.41, 5.74) is 7.03. The summed E-state index contributed by atoms with van der Waals surface area (Å²) in [6.45, 7) is 11.8. The molecule has 0 aliphatic carbocycles. The largest absolute Gasteiger partial charge is 0.363 e. The minimum atomic E-state index is -0.0235. The van der Waals surface area contributed by atoms with Crippen LogP contribution in [0, 0.1) is 18.3 Å². The van der Waals surface area contributed by atoms with Crippen molar-refractivity contribution in [1.29, 1.82) is 5.26 Å². The Morgan fingerprint density at radius 2 is 1.89 bits per heavy atom. The smallest absolute Gasteiger partial charge is 0.0998 e. The fraction of sp³-hybridized carbons (Fsp3) is 0.292. The van der Waals surface area contributed by atoms with E-state index in [4.69, 9.17) is 23.2 Å². The van der Waals surface area contributed by atoms with Crippen molar-refractivity contribution in [1.82, 2.24) is 0 Å². The minimum absolute atomic E-state index is 0.0235. The van der Waals surface area contributed by atoms with Crippen molar-refractivity contribution in [2.45, 2.75) is 40.2 Å². The molecule has 4 heteroatoms. The Hall–Kier alpha value is -2.21. The van der Waals surface area contributed by atoms with Crippen LogP contribution < -0.4 is 4.90 Å². The first-order chi connectivity index (χ1) is 13.2. The average molecular weight is 411 g/mol. The number of nitrogens with zero attached hydrogens (tertiary/aromatic N) is 2. The van der Waals surface area contributed by atoms with Crippen molar-refractivity contribution >= 4 is 46.1 Å². The number of aryl methyl sites for hydroxylation is 1. The maximum absolute atomic E-state index is 9.74. The average Bonchev–Trinajstić information content (AvgIpc) is 2.60. The number of hydrogen-bond donors (Lipinski definition) is 0. The van der Waals surface area contributed by atoms with E-state index in [1.54, 1.807) is 18.2 Å². The first kappa shape index (κ1) is 20.5. The number of anilines is 1. The van der Waals surface area contributed by atoms with E-state index in [-0.39, 0.29) is 5.54 Å². The summed E-state index contributed by atoms with van der Waals surface area (Å²) in [5, 5.41) is 10.8. The normalized spacial score (nSPS) is 15.7. The summed E-state index contributed by atoms with van der Waals surface area (Å²) in [4.78, 5) is 2.41. The molecule has 144 valence electrons. The second kappa shape index (κ2) is 7.66. The molecule has 0 amide bonds. The minimum Gasteiger partial charge on any atom is -0.363 e. The number of rotatable bonds is 3. The van der Waals surface area contributed by atoms with Crippen LogP contribution in [0.3, 0.4) is 0 Å². The number of benzene rings is 2. The molecule has 0 aromatic heterocycles. The van der Waals surface area contributed by atoms with Gasteiger partial charge in [-0.1, -0.05) is 35.3 Å². The zero-order valence-corrected chi connectivity index (χ0v) is 18.4. The molecule has 0 N–H and O–H groups in total. The molecule has 1 aliphatic heterocycles. The van der Waals surface area contributed by atoms with Crippen molar-refractivity contribution in [3.05, 3.63) is 68.7 Å². The molecule has 2 aromatic rings. The Morgan fingerprint density at radius 1 is 1.18 bits per heavy atom. The van der Waals surface area contributed by atoms with Crippen LogP contribution in [0.15, 0.2) is 36.4 Å². The van der Waals surface area contributed by atoms with Crippen molar-refractivity contribution in [2.24, 2.45) is 0 Å². The lowest BCUT2D eigenvalue weighted by Gasteiger charge is -2.43. The van der Waals surface area contributed by atoms with E-state index >= 15 is 0 Å². The summed E-state index contributed by atoms with van der Waals surface area (Å²) in [7, 11) is 0. The molecule has 1 aliphatic rings. The van der Waals surface area contributed by atoms with Crippen LogP contribution in [0.1, 0.15) is 49.9 Å². The van der Waals surface area contributed by atoms with Gasteiger partial charge in [-0.3, -0.25) is 0 Å². The van der Waals surface area contributed by atoms with Crippen LogP contribution in [-0.4, -0.2) is 12.1 Å². The second-order valence-electron chi connectivity index (χ2n) is 7.75. The maximum Gasteiger partial charge on any atom is 0.0998 e. The molecule has 28 heavy (non-hydrogen) atoms. The number of nitriles is 1. The molecule has 0 spiro atoms. The van der Waals surface area contributed by atoms with Gasteiger partial charge in [0.15, 0.2) is 0 Å².